The summed E-state index contributed by atoms with van der Waals surface area (Å²) in [5, 5.41) is 0. The Balaban J connectivity index is -0.0000000175. The fraction of sp³-hybridized carbons (Fsp3) is 0. The van der Waals surface area contributed by atoms with Gasteiger partial charge in [-0.15, -0.1) is 0 Å². The van der Waals surface area contributed by atoms with E-state index >= 15 is 0 Å². The van der Waals surface area contributed by atoms with Crippen molar-refractivity contribution in [2.24, 2.45) is 0 Å². The number of rotatable bonds is 0. The van der Waals surface area contributed by atoms with Crippen molar-refractivity contribution in [3.05, 3.63) is 0 Å². The van der Waals surface area contributed by atoms with Crippen LogP contribution in [0.25, 0.3) is 0 Å². The molecule has 32 heteroatoms. The van der Waals surface area contributed by atoms with Crippen LogP contribution in [0.3, 0.4) is 0 Å². The Bertz CT molecular complexity index is 323. The monoisotopic (exact) mass is 805 g/mol. The van der Waals surface area contributed by atoms with Gasteiger partial charge >= 0.3 is 109 Å². The average Bonchev–Trinajstić information content (AvgIpc) is 2.20. The van der Waals surface area contributed by atoms with Gasteiger partial charge in [0, 0.05) is 64.2 Å². The summed E-state index contributed by atoms with van der Waals surface area (Å²) >= 11 is 0. The van der Waals surface area contributed by atoms with Crippen molar-refractivity contribution in [3.8, 4) is 0 Å². The van der Waals surface area contributed by atoms with Gasteiger partial charge in [0.15, 0.2) is 0 Å². The fourth-order valence-electron chi connectivity index (χ4n) is 0. The van der Waals surface area contributed by atoms with Gasteiger partial charge in [-0.2, -0.15) is 0 Å². The summed E-state index contributed by atoms with van der Waals surface area (Å²) < 4.78 is 59.6. The van der Waals surface area contributed by atoms with Crippen LogP contribution < -0.4 is 67.1 Å². The SMILES string of the molecule is O=[Si]([O-])[O-].O=[Si]([O-])[O-].O=[Si]([O-])[O-].O=[Si]([O-])[O-].O=[Si]([O-])[O-].O=[Si]([O-])[O-].O=[Si]([O-])[O-].[Ti+4].[Ti+4].[Y+3].[Y+3]. The van der Waals surface area contributed by atoms with Gasteiger partial charge < -0.3 is 98.4 Å². The van der Waals surface area contributed by atoms with Crippen LogP contribution in [-0.4, -0.2) is 64.2 Å². The van der Waals surface area contributed by atoms with Crippen LogP contribution in [0, 0.1) is 0 Å². The maximum atomic E-state index is 8.52. The Kier molecular flexibility index (Phi) is 139. The van der Waals surface area contributed by atoms with Crippen molar-refractivity contribution in [1.82, 2.24) is 0 Å². The first kappa shape index (κ1) is 69.8. The van der Waals surface area contributed by atoms with Crippen molar-refractivity contribution < 1.29 is 207 Å². The summed E-state index contributed by atoms with van der Waals surface area (Å²) in [5.74, 6) is 0. The zero-order valence-corrected chi connectivity index (χ0v) is 30.0. The van der Waals surface area contributed by atoms with E-state index in [1.807, 2.05) is 0 Å². The van der Waals surface area contributed by atoms with E-state index in [9.17, 15) is 0 Å². The van der Waals surface area contributed by atoms with E-state index < -0.39 is 64.2 Å². The first-order valence-corrected chi connectivity index (χ1v) is 12.9. The molecule has 168 valence electrons. The molecule has 0 spiro atoms. The van der Waals surface area contributed by atoms with Crippen LogP contribution in [-0.2, 0) is 140 Å². The first-order valence-electron chi connectivity index (χ1n) is 4.29. The Morgan fingerprint density at radius 2 is 0.250 bits per heavy atom. The molecule has 0 unspecified atom stereocenters. The van der Waals surface area contributed by atoms with Crippen LogP contribution in [0.4, 0.5) is 0 Å². The van der Waals surface area contributed by atoms with E-state index in [1.54, 1.807) is 0 Å². The largest absolute Gasteiger partial charge is 4.00 e. The molecule has 0 N–H and O–H groups in total. The molecule has 0 saturated carbocycles. The van der Waals surface area contributed by atoms with Gasteiger partial charge in [0.25, 0.3) is 0 Å². The normalized spacial score (nSPS) is 5.25. The molecule has 21 nitrogen and oxygen atoms in total. The molecule has 0 rings (SSSR count). The molecule has 0 fully saturated rings. The Morgan fingerprint density at radius 1 is 0.250 bits per heavy atom. The molecule has 0 heterocycles. The Morgan fingerprint density at radius 3 is 0.250 bits per heavy atom. The molecule has 0 atom stereocenters. The molecule has 0 aromatic rings. The van der Waals surface area contributed by atoms with Crippen LogP contribution in [0.2, 0.25) is 0 Å². The van der Waals surface area contributed by atoms with Crippen molar-refractivity contribution in [2.75, 3.05) is 0 Å². The van der Waals surface area contributed by atoms with E-state index in [4.69, 9.17) is 98.4 Å². The number of hydrogen-bond acceptors (Lipinski definition) is 21. The third-order valence-electron chi connectivity index (χ3n) is 0. The predicted molar refractivity (Wildman–Crippen MR) is 45.1 cm³/mol. The van der Waals surface area contributed by atoms with E-state index in [0.29, 0.717) is 0 Å². The maximum absolute atomic E-state index is 8.52. The van der Waals surface area contributed by atoms with Gasteiger partial charge in [0.2, 0.25) is 0 Å². The molecular formula is O21Si7Ti2Y2. The summed E-state index contributed by atoms with van der Waals surface area (Å²) in [4.78, 5) is 119. The molecule has 0 aromatic heterocycles. The van der Waals surface area contributed by atoms with Gasteiger partial charge in [0.1, 0.15) is 0 Å². The summed E-state index contributed by atoms with van der Waals surface area (Å²) in [6, 6.07) is 0. The van der Waals surface area contributed by atoms with Crippen molar-refractivity contribution >= 4 is 64.2 Å². The Labute approximate surface area is 267 Å². The van der Waals surface area contributed by atoms with Crippen LogP contribution in [0.15, 0.2) is 0 Å². The van der Waals surface area contributed by atoms with Crippen LogP contribution >= 0.6 is 0 Å². The Hall–Kier alpha value is 0.955. The van der Waals surface area contributed by atoms with Gasteiger partial charge in [-0.1, -0.05) is 0 Å². The van der Waals surface area contributed by atoms with Crippen LogP contribution in [0.5, 0.6) is 0 Å². The molecule has 0 aromatic carbocycles. The number of hydrogen-bond donors (Lipinski definition) is 0. The predicted octanol–water partition coefficient (Wildman–Crippen LogP) is -20.2. The summed E-state index contributed by atoms with van der Waals surface area (Å²) in [6.45, 7) is 0. The smallest absolute Gasteiger partial charge is 0.672 e. The second-order valence-electron chi connectivity index (χ2n) is 1.75. The second-order valence-corrected chi connectivity index (χ2v) is 5.25. The van der Waals surface area contributed by atoms with Gasteiger partial charge in [-0.3, -0.25) is 0 Å². The minimum atomic E-state index is -3.63. The second kappa shape index (κ2) is 63.5. The molecule has 0 aliphatic heterocycles. The molecule has 0 radical (unpaired) electrons. The minimum Gasteiger partial charge on any atom is -0.672 e. The molecule has 0 bridgehead atoms. The third-order valence-corrected chi connectivity index (χ3v) is 0. The zero-order chi connectivity index (χ0) is 25.0. The summed E-state index contributed by atoms with van der Waals surface area (Å²) in [5.41, 5.74) is 0. The fourth-order valence-corrected chi connectivity index (χ4v) is 0. The quantitative estimate of drug-likeness (QED) is 0.205. The van der Waals surface area contributed by atoms with Gasteiger partial charge in [-0.05, 0) is 0 Å². The molecule has 0 aliphatic rings. The van der Waals surface area contributed by atoms with Gasteiger partial charge in [-0.25, -0.2) is 0 Å². The van der Waals surface area contributed by atoms with E-state index in [0.717, 1.165) is 0 Å². The van der Waals surface area contributed by atoms with E-state index in [2.05, 4.69) is 0 Å². The molecule has 0 amide bonds. The molecule has 0 aliphatic carbocycles. The average molecular weight is 806 g/mol. The zero-order valence-electron chi connectivity index (χ0n) is 14.2. The van der Waals surface area contributed by atoms with Gasteiger partial charge in [0.05, 0.1) is 0 Å². The molecule has 0 saturated heterocycles. The minimum absolute atomic E-state index is 0. The topological polar surface area (TPSA) is 442 Å². The van der Waals surface area contributed by atoms with Crippen molar-refractivity contribution in [2.45, 2.75) is 0 Å². The molecular weight excluding hydrogens is 806 g/mol. The van der Waals surface area contributed by atoms with Crippen molar-refractivity contribution in [3.63, 3.8) is 0 Å². The summed E-state index contributed by atoms with van der Waals surface area (Å²) in [6.07, 6.45) is 0. The summed E-state index contributed by atoms with van der Waals surface area (Å²) in [7, 11) is -25.4. The van der Waals surface area contributed by atoms with E-state index in [-0.39, 0.29) is 109 Å². The third kappa shape index (κ3) is 30500. The maximum Gasteiger partial charge on any atom is 4.00 e. The standard InChI is InChI=1S/7O3Si.2Ti.2Y/c7*1-4(2)3;;;;/q7*-2;2*+4;2*+3. The van der Waals surface area contributed by atoms with E-state index in [1.165, 1.54) is 0 Å². The van der Waals surface area contributed by atoms with Crippen molar-refractivity contribution in [1.29, 1.82) is 0 Å². The first-order chi connectivity index (χ1) is 12.1. The molecule has 32 heavy (non-hydrogen) atoms. The van der Waals surface area contributed by atoms with Crippen LogP contribution in [0.1, 0.15) is 0 Å².